The molecule has 2 aromatic rings. The summed E-state index contributed by atoms with van der Waals surface area (Å²) >= 11 is 6.13. The normalized spacial score (nSPS) is 19.3. The third kappa shape index (κ3) is 5.88. The Balaban J connectivity index is 2.00. The van der Waals surface area contributed by atoms with Crippen LogP contribution in [-0.2, 0) is 19.0 Å². The fourth-order valence-electron chi connectivity index (χ4n) is 3.94. The number of allylic oxidation sites excluding steroid dienone is 3. The number of H-pyrrole nitrogens is 1. The van der Waals surface area contributed by atoms with E-state index in [-0.39, 0.29) is 29.2 Å². The van der Waals surface area contributed by atoms with Gasteiger partial charge in [-0.3, -0.25) is 8.98 Å². The van der Waals surface area contributed by atoms with Crippen LogP contribution in [0.3, 0.4) is 0 Å². The molecule has 190 valence electrons. The van der Waals surface area contributed by atoms with Gasteiger partial charge in [-0.25, -0.2) is 5.10 Å². The number of aromatic amines is 1. The maximum Gasteiger partial charge on any atom is 0.286 e. The van der Waals surface area contributed by atoms with Gasteiger partial charge in [0.1, 0.15) is 10.9 Å². The van der Waals surface area contributed by atoms with Crippen LogP contribution in [0, 0.1) is 5.41 Å². The Morgan fingerprint density at radius 2 is 1.91 bits per heavy atom. The molecule has 0 saturated carbocycles. The average Bonchev–Trinajstić information content (AvgIpc) is 2.80. The Morgan fingerprint density at radius 1 is 1.23 bits per heavy atom. The molecule has 1 aliphatic rings. The summed E-state index contributed by atoms with van der Waals surface area (Å²) in [5.74, 6) is 0.179. The van der Waals surface area contributed by atoms with Crippen molar-refractivity contribution in [2.45, 2.75) is 64.7 Å². The van der Waals surface area contributed by atoms with E-state index in [1.54, 1.807) is 18.2 Å². The van der Waals surface area contributed by atoms with Gasteiger partial charge in [0.05, 0.1) is 12.8 Å². The minimum absolute atomic E-state index is 0.0744. The molecule has 0 aliphatic heterocycles. The molecular formula is C26H33ClN2O5S. The molecule has 0 saturated heterocycles. The maximum absolute atomic E-state index is 13.4. The van der Waals surface area contributed by atoms with Crippen LogP contribution in [0.4, 0.5) is 0 Å². The topological polar surface area (TPSA) is 98.3 Å². The molecule has 1 aromatic carbocycles. The molecule has 0 amide bonds. The third-order valence-corrected chi connectivity index (χ3v) is 8.29. The standard InChI is InChI=1S/C26H33ClN2O5S/c1-6-7-16-33-35(31,32)26(14-12-18(2)13-15-26)20-10-8-19(9-11-20)23(25(3,4)5)34-21-17-28-29-24(30)22(21)27/h8-14,17,23H,6-7,15-16H2,1-5H3,(H,29,30). The number of hydrogen-bond acceptors (Lipinski definition) is 6. The number of hydrogen-bond donors (Lipinski definition) is 1. The Labute approximate surface area is 212 Å². The summed E-state index contributed by atoms with van der Waals surface area (Å²) in [4.78, 5) is 11.9. The number of ether oxygens (including phenoxy) is 1. The molecule has 0 bridgehead atoms. The molecule has 0 radical (unpaired) electrons. The fraction of sp³-hybridized carbons (Fsp3) is 0.462. The first-order valence-corrected chi connectivity index (χ1v) is 13.4. The zero-order valence-corrected chi connectivity index (χ0v) is 22.4. The van der Waals surface area contributed by atoms with Crippen molar-refractivity contribution in [2.75, 3.05) is 6.61 Å². The van der Waals surface area contributed by atoms with Crippen molar-refractivity contribution < 1.29 is 17.3 Å². The van der Waals surface area contributed by atoms with Gasteiger partial charge in [0.15, 0.2) is 10.8 Å². The van der Waals surface area contributed by atoms with E-state index < -0.39 is 26.5 Å². The minimum Gasteiger partial charge on any atom is -0.482 e. The molecule has 0 fully saturated rings. The monoisotopic (exact) mass is 520 g/mol. The number of halogens is 1. The lowest BCUT2D eigenvalue weighted by molar-refractivity contribution is 0.0862. The fourth-order valence-corrected chi connectivity index (χ4v) is 5.57. The molecule has 1 heterocycles. The summed E-state index contributed by atoms with van der Waals surface area (Å²) in [5.41, 5.74) is 1.52. The van der Waals surface area contributed by atoms with Crippen LogP contribution in [0.1, 0.15) is 71.1 Å². The van der Waals surface area contributed by atoms with Crippen molar-refractivity contribution in [3.8, 4) is 5.75 Å². The van der Waals surface area contributed by atoms with E-state index in [4.69, 9.17) is 20.5 Å². The summed E-state index contributed by atoms with van der Waals surface area (Å²) in [6.07, 6.45) is 8.14. The average molecular weight is 521 g/mol. The van der Waals surface area contributed by atoms with Gasteiger partial charge in [-0.1, -0.05) is 93.8 Å². The lowest BCUT2D eigenvalue weighted by atomic mass is 9.83. The first-order chi connectivity index (χ1) is 16.4. The molecule has 0 spiro atoms. The van der Waals surface area contributed by atoms with Gasteiger partial charge in [-0.2, -0.15) is 13.5 Å². The van der Waals surface area contributed by atoms with Crippen LogP contribution >= 0.6 is 11.6 Å². The third-order valence-electron chi connectivity index (χ3n) is 6.02. The smallest absolute Gasteiger partial charge is 0.286 e. The summed E-state index contributed by atoms with van der Waals surface area (Å²) in [6, 6.07) is 7.30. The van der Waals surface area contributed by atoms with E-state index in [0.29, 0.717) is 12.0 Å². The zero-order valence-electron chi connectivity index (χ0n) is 20.8. The van der Waals surface area contributed by atoms with Gasteiger partial charge in [-0.15, -0.1) is 0 Å². The second kappa shape index (κ2) is 10.7. The van der Waals surface area contributed by atoms with Crippen molar-refractivity contribution in [2.24, 2.45) is 5.41 Å². The summed E-state index contributed by atoms with van der Waals surface area (Å²) in [7, 11) is -3.94. The molecule has 7 nitrogen and oxygen atoms in total. The van der Waals surface area contributed by atoms with E-state index in [1.165, 1.54) is 6.20 Å². The van der Waals surface area contributed by atoms with E-state index >= 15 is 0 Å². The van der Waals surface area contributed by atoms with E-state index in [0.717, 1.165) is 17.6 Å². The van der Waals surface area contributed by atoms with Gasteiger partial charge in [0.2, 0.25) is 0 Å². The van der Waals surface area contributed by atoms with Crippen LogP contribution in [-0.4, -0.2) is 25.2 Å². The predicted octanol–water partition coefficient (Wildman–Crippen LogP) is 5.84. The van der Waals surface area contributed by atoms with Crippen molar-refractivity contribution >= 4 is 21.7 Å². The summed E-state index contributed by atoms with van der Waals surface area (Å²) in [6.45, 7) is 10.1. The number of aromatic nitrogens is 2. The Bertz CT molecular complexity index is 1260. The Hall–Kier alpha value is -2.42. The number of unbranched alkanes of at least 4 members (excludes halogenated alkanes) is 1. The van der Waals surface area contributed by atoms with Crippen molar-refractivity contribution in [3.63, 3.8) is 0 Å². The molecule has 9 heteroatoms. The lowest BCUT2D eigenvalue weighted by Crippen LogP contribution is -2.36. The van der Waals surface area contributed by atoms with Gasteiger partial charge in [0.25, 0.3) is 15.7 Å². The lowest BCUT2D eigenvalue weighted by Gasteiger charge is -2.34. The Kier molecular flexibility index (Phi) is 8.29. The first-order valence-electron chi connectivity index (χ1n) is 11.7. The molecule has 1 N–H and O–H groups in total. The second-order valence-corrected chi connectivity index (χ2v) is 12.1. The highest BCUT2D eigenvalue weighted by atomic mass is 35.5. The van der Waals surface area contributed by atoms with Gasteiger partial charge < -0.3 is 4.74 Å². The highest BCUT2D eigenvalue weighted by molar-refractivity contribution is 7.88. The van der Waals surface area contributed by atoms with Crippen LogP contribution in [0.2, 0.25) is 5.02 Å². The summed E-state index contributed by atoms with van der Waals surface area (Å²) < 4.78 is 37.1. The number of nitrogens with one attached hydrogen (secondary N) is 1. The van der Waals surface area contributed by atoms with Crippen LogP contribution in [0.15, 0.2) is 59.1 Å². The highest BCUT2D eigenvalue weighted by Crippen LogP contribution is 2.43. The molecule has 2 unspecified atom stereocenters. The molecule has 3 rings (SSSR count). The summed E-state index contributed by atoms with van der Waals surface area (Å²) in [5, 5.41) is 5.98. The molecular weight excluding hydrogens is 488 g/mol. The zero-order chi connectivity index (χ0) is 25.9. The van der Waals surface area contributed by atoms with Crippen molar-refractivity contribution in [1.82, 2.24) is 10.2 Å². The number of rotatable bonds is 9. The van der Waals surface area contributed by atoms with Crippen molar-refractivity contribution in [3.05, 3.63) is 80.8 Å². The second-order valence-electron chi connectivity index (χ2n) is 9.87. The van der Waals surface area contributed by atoms with Gasteiger partial charge in [0, 0.05) is 5.41 Å². The molecule has 1 aromatic heterocycles. The van der Waals surface area contributed by atoms with E-state index in [2.05, 4.69) is 10.2 Å². The molecule has 1 aliphatic carbocycles. The van der Waals surface area contributed by atoms with E-state index in [1.807, 2.05) is 58.9 Å². The van der Waals surface area contributed by atoms with Crippen LogP contribution in [0.5, 0.6) is 5.75 Å². The van der Waals surface area contributed by atoms with E-state index in [9.17, 15) is 13.2 Å². The van der Waals surface area contributed by atoms with Gasteiger partial charge >= 0.3 is 0 Å². The Morgan fingerprint density at radius 3 is 2.49 bits per heavy atom. The quantitative estimate of drug-likeness (QED) is 0.329. The minimum atomic E-state index is -3.94. The predicted molar refractivity (Wildman–Crippen MR) is 138 cm³/mol. The largest absolute Gasteiger partial charge is 0.482 e. The number of nitrogens with zero attached hydrogens (tertiary/aromatic N) is 1. The number of benzene rings is 1. The van der Waals surface area contributed by atoms with Crippen molar-refractivity contribution in [1.29, 1.82) is 0 Å². The maximum atomic E-state index is 13.4. The van der Waals surface area contributed by atoms with Crippen LogP contribution in [0.25, 0.3) is 0 Å². The van der Waals surface area contributed by atoms with Crippen LogP contribution < -0.4 is 10.3 Å². The highest BCUT2D eigenvalue weighted by Gasteiger charge is 2.45. The first kappa shape index (κ1) is 27.2. The molecule has 35 heavy (non-hydrogen) atoms. The molecule has 2 atom stereocenters. The van der Waals surface area contributed by atoms with Gasteiger partial charge in [-0.05, 0) is 30.9 Å². The SMILES string of the molecule is CCCCOS(=O)(=O)C1(c2ccc(C(Oc3cn[nH]c(=O)c3Cl)C(C)(C)C)cc2)C=CC(C)=CC1.